The van der Waals surface area contributed by atoms with Crippen LogP contribution in [0.5, 0.6) is 0 Å². The number of para-hydroxylation sites is 1. The van der Waals surface area contributed by atoms with E-state index in [1.54, 1.807) is 11.3 Å². The van der Waals surface area contributed by atoms with E-state index in [4.69, 9.17) is 9.40 Å². The van der Waals surface area contributed by atoms with Gasteiger partial charge in [0.2, 0.25) is 0 Å². The lowest BCUT2D eigenvalue weighted by Gasteiger charge is -1.98. The number of fused-ring (bicyclic) bond motifs is 1. The molecule has 2 heterocycles. The van der Waals surface area contributed by atoms with Crippen LogP contribution in [-0.4, -0.2) is 12.0 Å². The molecule has 20 heavy (non-hydrogen) atoms. The van der Waals surface area contributed by atoms with Crippen molar-refractivity contribution in [2.24, 2.45) is 0 Å². The zero-order valence-corrected chi connectivity index (χ0v) is 12.6. The Bertz CT molecular complexity index is 691. The highest BCUT2D eigenvalue weighted by Crippen LogP contribution is 2.34. The molecule has 1 N–H and O–H groups in total. The van der Waals surface area contributed by atoms with E-state index in [0.29, 0.717) is 0 Å². The van der Waals surface area contributed by atoms with Gasteiger partial charge in [0.05, 0.1) is 11.3 Å². The van der Waals surface area contributed by atoms with Crippen molar-refractivity contribution in [3.63, 3.8) is 0 Å². The lowest BCUT2D eigenvalue weighted by Crippen LogP contribution is -2.05. The minimum Gasteiger partial charge on any atom is -0.464 e. The number of aromatic nitrogens is 1. The van der Waals surface area contributed by atoms with Crippen molar-refractivity contribution in [1.82, 2.24) is 10.3 Å². The van der Waals surface area contributed by atoms with E-state index in [1.165, 1.54) is 10.6 Å². The number of aryl methyl sites for hydroxylation is 1. The van der Waals surface area contributed by atoms with Crippen LogP contribution in [0.4, 0.5) is 0 Å². The van der Waals surface area contributed by atoms with Crippen molar-refractivity contribution in [2.75, 3.05) is 7.05 Å². The Morgan fingerprint density at radius 3 is 2.95 bits per heavy atom. The van der Waals surface area contributed by atoms with Crippen molar-refractivity contribution in [3.05, 3.63) is 41.1 Å². The maximum Gasteiger partial charge on any atom is 0.134 e. The number of rotatable bonds is 5. The van der Waals surface area contributed by atoms with Gasteiger partial charge in [0, 0.05) is 16.8 Å². The van der Waals surface area contributed by atoms with Gasteiger partial charge in [-0.3, -0.25) is 0 Å². The third-order valence-electron chi connectivity index (χ3n) is 3.31. The van der Waals surface area contributed by atoms with Crippen LogP contribution < -0.4 is 5.32 Å². The molecule has 0 aliphatic rings. The molecule has 0 bridgehead atoms. The highest BCUT2D eigenvalue weighted by molar-refractivity contribution is 7.15. The Morgan fingerprint density at radius 1 is 1.30 bits per heavy atom. The maximum atomic E-state index is 5.62. The van der Waals surface area contributed by atoms with Crippen LogP contribution >= 0.6 is 11.3 Å². The Kier molecular flexibility index (Phi) is 3.85. The van der Waals surface area contributed by atoms with Crippen LogP contribution in [-0.2, 0) is 13.0 Å². The quantitative estimate of drug-likeness (QED) is 0.763. The summed E-state index contributed by atoms with van der Waals surface area (Å²) < 4.78 is 5.62. The second-order valence-corrected chi connectivity index (χ2v) is 5.90. The molecule has 104 valence electrons. The Balaban J connectivity index is 2.07. The molecule has 0 spiro atoms. The molecule has 2 aromatic heterocycles. The van der Waals surface area contributed by atoms with E-state index in [1.807, 2.05) is 31.5 Å². The standard InChI is InChI=1S/C16H18N2OS/c1-3-6-13-15(9-17-2)20-16(18-13)12-10-19-14-8-5-4-7-11(12)14/h4-5,7-8,10,17H,3,6,9H2,1-2H3. The van der Waals surface area contributed by atoms with Crippen molar-refractivity contribution in [1.29, 1.82) is 0 Å². The topological polar surface area (TPSA) is 38.1 Å². The van der Waals surface area contributed by atoms with Crippen LogP contribution in [0.25, 0.3) is 21.5 Å². The number of furan rings is 1. The van der Waals surface area contributed by atoms with Crippen LogP contribution in [0.1, 0.15) is 23.9 Å². The van der Waals surface area contributed by atoms with Crippen LogP contribution in [0, 0.1) is 0 Å². The maximum absolute atomic E-state index is 5.62. The fraction of sp³-hybridized carbons (Fsp3) is 0.312. The number of thiazole rings is 1. The Hall–Kier alpha value is -1.65. The van der Waals surface area contributed by atoms with E-state index >= 15 is 0 Å². The third-order valence-corrected chi connectivity index (χ3v) is 4.44. The monoisotopic (exact) mass is 286 g/mol. The van der Waals surface area contributed by atoms with Gasteiger partial charge in [0.25, 0.3) is 0 Å². The summed E-state index contributed by atoms with van der Waals surface area (Å²) in [5.41, 5.74) is 3.24. The number of nitrogens with zero attached hydrogens (tertiary/aromatic N) is 1. The first-order chi connectivity index (χ1) is 9.83. The predicted molar refractivity (Wildman–Crippen MR) is 84.1 cm³/mol. The van der Waals surface area contributed by atoms with Gasteiger partial charge < -0.3 is 9.73 Å². The zero-order valence-electron chi connectivity index (χ0n) is 11.8. The van der Waals surface area contributed by atoms with Gasteiger partial charge in [0.15, 0.2) is 0 Å². The van der Waals surface area contributed by atoms with Crippen LogP contribution in [0.3, 0.4) is 0 Å². The largest absolute Gasteiger partial charge is 0.464 e. The van der Waals surface area contributed by atoms with Crippen LogP contribution in [0.15, 0.2) is 34.9 Å². The van der Waals surface area contributed by atoms with Gasteiger partial charge in [-0.1, -0.05) is 31.5 Å². The summed E-state index contributed by atoms with van der Waals surface area (Å²) in [7, 11) is 1.97. The van der Waals surface area contributed by atoms with Crippen molar-refractivity contribution < 1.29 is 4.42 Å². The molecule has 0 fully saturated rings. The highest BCUT2D eigenvalue weighted by atomic mass is 32.1. The van der Waals surface area contributed by atoms with Gasteiger partial charge in [-0.2, -0.15) is 0 Å². The fourth-order valence-electron chi connectivity index (χ4n) is 2.37. The third kappa shape index (κ3) is 2.37. The highest BCUT2D eigenvalue weighted by Gasteiger charge is 2.15. The summed E-state index contributed by atoms with van der Waals surface area (Å²) in [4.78, 5) is 6.16. The first-order valence-electron chi connectivity index (χ1n) is 6.93. The number of benzene rings is 1. The smallest absolute Gasteiger partial charge is 0.134 e. The van der Waals surface area contributed by atoms with E-state index in [0.717, 1.165) is 40.9 Å². The normalized spacial score (nSPS) is 11.3. The second-order valence-electron chi connectivity index (χ2n) is 4.81. The first-order valence-corrected chi connectivity index (χ1v) is 7.75. The van der Waals surface area contributed by atoms with Crippen molar-refractivity contribution >= 4 is 22.3 Å². The molecular weight excluding hydrogens is 268 g/mol. The molecule has 4 heteroatoms. The molecule has 3 nitrogen and oxygen atoms in total. The summed E-state index contributed by atoms with van der Waals surface area (Å²) in [6.45, 7) is 3.07. The molecule has 0 radical (unpaired) electrons. The average Bonchev–Trinajstić information content (AvgIpc) is 3.04. The SMILES string of the molecule is CCCc1nc(-c2coc3ccccc23)sc1CNC. The van der Waals surface area contributed by atoms with E-state index in [9.17, 15) is 0 Å². The molecule has 0 saturated carbocycles. The summed E-state index contributed by atoms with van der Waals surface area (Å²) in [5, 5.41) is 5.42. The summed E-state index contributed by atoms with van der Waals surface area (Å²) in [6.07, 6.45) is 3.97. The number of nitrogens with one attached hydrogen (secondary N) is 1. The second kappa shape index (κ2) is 5.77. The summed E-state index contributed by atoms with van der Waals surface area (Å²) >= 11 is 1.76. The lowest BCUT2D eigenvalue weighted by molar-refractivity contribution is 0.617. The molecular formula is C16H18N2OS. The minimum absolute atomic E-state index is 0.878. The molecule has 0 aliphatic carbocycles. The van der Waals surface area contributed by atoms with Gasteiger partial charge in [-0.15, -0.1) is 11.3 Å². The van der Waals surface area contributed by atoms with Crippen LogP contribution in [0.2, 0.25) is 0 Å². The minimum atomic E-state index is 0.878. The number of hydrogen-bond donors (Lipinski definition) is 1. The summed E-state index contributed by atoms with van der Waals surface area (Å²) in [6, 6.07) is 8.11. The van der Waals surface area contributed by atoms with Crippen molar-refractivity contribution in [3.8, 4) is 10.6 Å². The number of hydrogen-bond acceptors (Lipinski definition) is 4. The first kappa shape index (κ1) is 13.3. The zero-order chi connectivity index (χ0) is 13.9. The molecule has 0 atom stereocenters. The lowest BCUT2D eigenvalue weighted by atomic mass is 10.2. The van der Waals surface area contributed by atoms with E-state index in [2.05, 4.69) is 18.3 Å². The Morgan fingerprint density at radius 2 is 2.15 bits per heavy atom. The van der Waals surface area contributed by atoms with E-state index in [-0.39, 0.29) is 0 Å². The predicted octanol–water partition coefficient (Wildman–Crippen LogP) is 4.23. The molecule has 0 amide bonds. The van der Waals surface area contributed by atoms with E-state index < -0.39 is 0 Å². The van der Waals surface area contributed by atoms with Crippen molar-refractivity contribution in [2.45, 2.75) is 26.3 Å². The van der Waals surface area contributed by atoms with Gasteiger partial charge in [0.1, 0.15) is 16.9 Å². The van der Waals surface area contributed by atoms with Gasteiger partial charge in [-0.05, 0) is 19.5 Å². The van der Waals surface area contributed by atoms with Gasteiger partial charge >= 0.3 is 0 Å². The molecule has 0 aliphatic heterocycles. The fourth-order valence-corrected chi connectivity index (χ4v) is 3.51. The molecule has 1 aromatic carbocycles. The van der Waals surface area contributed by atoms with Gasteiger partial charge in [-0.25, -0.2) is 4.98 Å². The molecule has 3 aromatic rings. The average molecular weight is 286 g/mol. The Labute approximate surface area is 122 Å². The summed E-state index contributed by atoms with van der Waals surface area (Å²) in [5.74, 6) is 0. The molecule has 0 unspecified atom stereocenters. The molecule has 3 rings (SSSR count). The molecule has 0 saturated heterocycles.